The molecule has 0 aliphatic carbocycles. The summed E-state index contributed by atoms with van der Waals surface area (Å²) in [4.78, 5) is 16.2. The van der Waals surface area contributed by atoms with E-state index in [0.717, 1.165) is 27.4 Å². The Hall–Kier alpha value is -3.11. The lowest BCUT2D eigenvalue weighted by Gasteiger charge is -2.06. The summed E-state index contributed by atoms with van der Waals surface area (Å²) < 4.78 is 54.8. The van der Waals surface area contributed by atoms with Crippen LogP contribution in [0, 0.1) is 0 Å². The Morgan fingerprint density at radius 1 is 1.07 bits per heavy atom. The van der Waals surface area contributed by atoms with E-state index in [9.17, 15) is 22.0 Å². The lowest BCUT2D eigenvalue weighted by molar-refractivity contribution is 0.0948. The molecule has 4 aromatic rings. The van der Waals surface area contributed by atoms with Gasteiger partial charge in [-0.25, -0.2) is 13.4 Å². The minimum absolute atomic E-state index is 0.0980. The van der Waals surface area contributed by atoms with E-state index in [2.05, 4.69) is 10.3 Å². The third-order valence-electron chi connectivity index (χ3n) is 4.27. The van der Waals surface area contributed by atoms with Crippen molar-refractivity contribution in [1.82, 2.24) is 10.3 Å². The number of carbonyl (C=O) groups is 1. The summed E-state index contributed by atoms with van der Waals surface area (Å²) in [6.07, 6.45) is 0. The molecule has 0 saturated heterocycles. The first-order valence-electron chi connectivity index (χ1n) is 8.69. The van der Waals surface area contributed by atoms with E-state index in [-0.39, 0.29) is 12.1 Å². The summed E-state index contributed by atoms with van der Waals surface area (Å²) in [5.41, 5.74) is 1.02. The van der Waals surface area contributed by atoms with Gasteiger partial charge in [0.25, 0.3) is 5.91 Å². The molecule has 30 heavy (non-hydrogen) atoms. The molecular formula is C20H14F2N2O4S2. The highest BCUT2D eigenvalue weighted by Crippen LogP contribution is 2.31. The summed E-state index contributed by atoms with van der Waals surface area (Å²) >= 11 is 1.50. The number of fused-ring (bicyclic) bond motifs is 1. The number of aromatic nitrogens is 1. The maximum absolute atomic E-state index is 12.6. The van der Waals surface area contributed by atoms with Crippen LogP contribution in [0.25, 0.3) is 21.0 Å². The van der Waals surface area contributed by atoms with Crippen molar-refractivity contribution in [2.45, 2.75) is 17.2 Å². The molecule has 2 heterocycles. The number of nitrogens with zero attached hydrogens (tertiary/aromatic N) is 1. The molecule has 2 aromatic carbocycles. The van der Waals surface area contributed by atoms with Crippen LogP contribution < -0.4 is 5.32 Å². The van der Waals surface area contributed by atoms with Crippen LogP contribution in [0.5, 0.6) is 0 Å². The molecule has 4 rings (SSSR count). The SMILES string of the molecule is O=C(NCc1ccc(-c2nc3ccccc3s2)o1)c1ccc(S(=O)(=O)C(F)F)cc1. The molecule has 1 amide bonds. The maximum Gasteiger partial charge on any atom is 0.341 e. The van der Waals surface area contributed by atoms with Gasteiger partial charge in [0.1, 0.15) is 5.76 Å². The topological polar surface area (TPSA) is 89.3 Å². The number of nitrogens with one attached hydrogen (secondary N) is 1. The van der Waals surface area contributed by atoms with Gasteiger partial charge in [-0.05, 0) is 48.5 Å². The van der Waals surface area contributed by atoms with Crippen LogP contribution in [0.3, 0.4) is 0 Å². The van der Waals surface area contributed by atoms with Gasteiger partial charge in [-0.15, -0.1) is 11.3 Å². The second-order valence-corrected chi connectivity index (χ2v) is 9.21. The molecule has 0 unspecified atom stereocenters. The Morgan fingerprint density at radius 3 is 2.50 bits per heavy atom. The Balaban J connectivity index is 1.42. The third kappa shape index (κ3) is 3.96. The van der Waals surface area contributed by atoms with Gasteiger partial charge in [0, 0.05) is 5.56 Å². The molecule has 0 aliphatic heterocycles. The Morgan fingerprint density at radius 2 is 1.80 bits per heavy atom. The predicted octanol–water partition coefficient (Wildman–Crippen LogP) is 4.48. The first-order chi connectivity index (χ1) is 14.3. The van der Waals surface area contributed by atoms with E-state index < -0.39 is 26.4 Å². The fourth-order valence-electron chi connectivity index (χ4n) is 2.73. The molecule has 1 N–H and O–H groups in total. The number of alkyl halides is 2. The van der Waals surface area contributed by atoms with Crippen molar-refractivity contribution in [3.8, 4) is 10.8 Å². The molecule has 0 aliphatic rings. The van der Waals surface area contributed by atoms with Crippen molar-refractivity contribution in [3.05, 3.63) is 72.0 Å². The van der Waals surface area contributed by atoms with Gasteiger partial charge in [-0.1, -0.05) is 12.1 Å². The number of benzene rings is 2. The fourth-order valence-corrected chi connectivity index (χ4v) is 4.38. The number of carbonyl (C=O) groups excluding carboxylic acids is 1. The lowest BCUT2D eigenvalue weighted by Crippen LogP contribution is -2.22. The first-order valence-corrected chi connectivity index (χ1v) is 11.1. The summed E-state index contributed by atoms with van der Waals surface area (Å²) in [6.45, 7) is 0.0980. The van der Waals surface area contributed by atoms with Crippen LogP contribution in [0.2, 0.25) is 0 Å². The van der Waals surface area contributed by atoms with Gasteiger partial charge >= 0.3 is 5.76 Å². The third-order valence-corrected chi connectivity index (χ3v) is 6.72. The second-order valence-electron chi connectivity index (χ2n) is 6.27. The average molecular weight is 448 g/mol. The van der Waals surface area contributed by atoms with Gasteiger partial charge in [0.15, 0.2) is 10.8 Å². The smallest absolute Gasteiger partial charge is 0.341 e. The molecule has 154 valence electrons. The largest absolute Gasteiger partial charge is 0.457 e. The average Bonchev–Trinajstić information content (AvgIpc) is 3.38. The number of thiazole rings is 1. The van der Waals surface area contributed by atoms with Crippen molar-refractivity contribution in [2.24, 2.45) is 0 Å². The maximum atomic E-state index is 12.6. The minimum atomic E-state index is -4.69. The zero-order chi connectivity index (χ0) is 21.3. The number of amides is 1. The number of furan rings is 1. The van der Waals surface area contributed by atoms with E-state index in [4.69, 9.17) is 4.42 Å². The highest BCUT2D eigenvalue weighted by molar-refractivity contribution is 7.91. The van der Waals surface area contributed by atoms with E-state index in [0.29, 0.717) is 11.5 Å². The normalized spacial score (nSPS) is 11.8. The number of hydrogen-bond donors (Lipinski definition) is 1. The summed E-state index contributed by atoms with van der Waals surface area (Å²) in [6, 6.07) is 15.5. The molecule has 10 heteroatoms. The zero-order valence-electron chi connectivity index (χ0n) is 15.2. The molecule has 0 bridgehead atoms. The molecule has 0 spiro atoms. The zero-order valence-corrected chi connectivity index (χ0v) is 16.8. The van der Waals surface area contributed by atoms with Crippen molar-refractivity contribution in [3.63, 3.8) is 0 Å². The Bertz CT molecular complexity index is 1280. The lowest BCUT2D eigenvalue weighted by atomic mass is 10.2. The van der Waals surface area contributed by atoms with Gasteiger partial charge in [0.05, 0.1) is 21.7 Å². The van der Waals surface area contributed by atoms with Crippen LogP contribution >= 0.6 is 11.3 Å². The van der Waals surface area contributed by atoms with Crippen molar-refractivity contribution >= 4 is 37.3 Å². The Kier molecular flexibility index (Phi) is 5.35. The van der Waals surface area contributed by atoms with E-state index in [1.165, 1.54) is 23.5 Å². The van der Waals surface area contributed by atoms with E-state index in [1.807, 2.05) is 24.3 Å². The molecule has 6 nitrogen and oxygen atoms in total. The molecule has 0 saturated carbocycles. The molecule has 0 fully saturated rings. The van der Waals surface area contributed by atoms with Gasteiger partial charge < -0.3 is 9.73 Å². The van der Waals surface area contributed by atoms with E-state index >= 15 is 0 Å². The predicted molar refractivity (Wildman–Crippen MR) is 108 cm³/mol. The summed E-state index contributed by atoms with van der Waals surface area (Å²) in [7, 11) is -4.69. The van der Waals surface area contributed by atoms with Crippen LogP contribution in [0.15, 0.2) is 70.0 Å². The first kappa shape index (κ1) is 20.2. The Labute approximate surface area is 174 Å². The van der Waals surface area contributed by atoms with Gasteiger partial charge in [-0.3, -0.25) is 4.79 Å². The summed E-state index contributed by atoms with van der Waals surface area (Å²) in [5, 5.41) is 3.37. The molecular weight excluding hydrogens is 434 g/mol. The number of rotatable bonds is 6. The van der Waals surface area contributed by atoms with Crippen molar-refractivity contribution in [2.75, 3.05) is 0 Å². The molecule has 0 radical (unpaired) electrons. The summed E-state index contributed by atoms with van der Waals surface area (Å²) in [5.74, 6) is -2.91. The molecule has 2 aromatic heterocycles. The number of halogens is 2. The van der Waals surface area contributed by atoms with Crippen LogP contribution in [-0.2, 0) is 16.4 Å². The number of para-hydroxylation sites is 1. The van der Waals surface area contributed by atoms with Crippen molar-refractivity contribution < 1.29 is 26.4 Å². The second kappa shape index (κ2) is 7.96. The van der Waals surface area contributed by atoms with Crippen LogP contribution in [0.4, 0.5) is 8.78 Å². The number of hydrogen-bond acceptors (Lipinski definition) is 6. The van der Waals surface area contributed by atoms with Crippen molar-refractivity contribution in [1.29, 1.82) is 0 Å². The van der Waals surface area contributed by atoms with Crippen LogP contribution in [0.1, 0.15) is 16.1 Å². The molecule has 0 atom stereocenters. The van der Waals surface area contributed by atoms with Gasteiger partial charge in [0.2, 0.25) is 9.84 Å². The van der Waals surface area contributed by atoms with Crippen LogP contribution in [-0.4, -0.2) is 25.1 Å². The van der Waals surface area contributed by atoms with E-state index in [1.54, 1.807) is 12.1 Å². The standard InChI is InChI=1S/C20H14F2N2O4S2/c21-20(22)30(26,27)14-8-5-12(6-9-14)18(25)23-11-13-7-10-16(28-13)19-24-15-3-1-2-4-17(15)29-19/h1-10,20H,11H2,(H,23,25). The quantitative estimate of drug-likeness (QED) is 0.470. The van der Waals surface area contributed by atoms with Gasteiger partial charge in [-0.2, -0.15) is 8.78 Å². The highest BCUT2D eigenvalue weighted by Gasteiger charge is 2.26. The fraction of sp³-hybridized carbons (Fsp3) is 0.100. The monoisotopic (exact) mass is 448 g/mol. The highest BCUT2D eigenvalue weighted by atomic mass is 32.2. The minimum Gasteiger partial charge on any atom is -0.457 e. The number of sulfone groups is 1.